The van der Waals surface area contributed by atoms with Crippen LogP contribution in [0.4, 0.5) is 10.5 Å². The maximum absolute atomic E-state index is 13.5. The molecule has 3 atom stereocenters. The quantitative estimate of drug-likeness (QED) is 0.749. The molecule has 0 aliphatic carbocycles. The number of urea groups is 1. The van der Waals surface area contributed by atoms with Crippen LogP contribution >= 0.6 is 0 Å². The maximum atomic E-state index is 13.5. The molecule has 3 aromatic rings. The van der Waals surface area contributed by atoms with Gasteiger partial charge in [0.2, 0.25) is 5.91 Å². The van der Waals surface area contributed by atoms with Crippen molar-refractivity contribution in [3.8, 4) is 0 Å². The SMILES string of the molecule is CN1C(=O)NC(c2ccccc2)C2C(=O)N(c3ccc4ccccc4c3)CC21. The summed E-state index contributed by atoms with van der Waals surface area (Å²) in [4.78, 5) is 29.5. The Hall–Kier alpha value is -3.34. The van der Waals surface area contributed by atoms with Gasteiger partial charge in [0.05, 0.1) is 18.0 Å². The van der Waals surface area contributed by atoms with Gasteiger partial charge in [0, 0.05) is 19.3 Å². The summed E-state index contributed by atoms with van der Waals surface area (Å²) in [6.07, 6.45) is 0. The van der Waals surface area contributed by atoms with E-state index in [1.807, 2.05) is 59.5 Å². The van der Waals surface area contributed by atoms with Crippen LogP contribution in [0.3, 0.4) is 0 Å². The van der Waals surface area contributed by atoms with E-state index < -0.39 is 0 Å². The van der Waals surface area contributed by atoms with E-state index >= 15 is 0 Å². The first-order valence-electron chi connectivity index (χ1n) is 9.52. The molecule has 2 aliphatic heterocycles. The van der Waals surface area contributed by atoms with Gasteiger partial charge in [-0.15, -0.1) is 0 Å². The second-order valence-electron chi connectivity index (χ2n) is 7.52. The normalized spacial score (nSPS) is 24.4. The molecule has 3 aromatic carbocycles. The summed E-state index contributed by atoms with van der Waals surface area (Å²) in [7, 11) is 1.77. The van der Waals surface area contributed by atoms with Crippen LogP contribution in [0.25, 0.3) is 10.8 Å². The molecule has 5 rings (SSSR count). The molecule has 2 heterocycles. The first-order valence-corrected chi connectivity index (χ1v) is 9.52. The lowest BCUT2D eigenvalue weighted by Crippen LogP contribution is -2.57. The van der Waals surface area contributed by atoms with Crippen molar-refractivity contribution in [2.75, 3.05) is 18.5 Å². The molecular weight excluding hydrogens is 350 g/mol. The van der Waals surface area contributed by atoms with Gasteiger partial charge < -0.3 is 15.1 Å². The van der Waals surface area contributed by atoms with Crippen molar-refractivity contribution in [3.63, 3.8) is 0 Å². The lowest BCUT2D eigenvalue weighted by molar-refractivity contribution is -0.122. The Morgan fingerprint density at radius 1 is 0.893 bits per heavy atom. The highest BCUT2D eigenvalue weighted by molar-refractivity contribution is 6.02. The summed E-state index contributed by atoms with van der Waals surface area (Å²) in [6.45, 7) is 0.509. The summed E-state index contributed by atoms with van der Waals surface area (Å²) in [5, 5.41) is 5.27. The zero-order valence-electron chi connectivity index (χ0n) is 15.6. The zero-order chi connectivity index (χ0) is 19.3. The average molecular weight is 371 g/mol. The monoisotopic (exact) mass is 371 g/mol. The van der Waals surface area contributed by atoms with Gasteiger partial charge in [-0.25, -0.2) is 4.79 Å². The fourth-order valence-electron chi connectivity index (χ4n) is 4.47. The summed E-state index contributed by atoms with van der Waals surface area (Å²) >= 11 is 0. The number of rotatable bonds is 2. The van der Waals surface area contributed by atoms with Crippen molar-refractivity contribution >= 4 is 28.4 Å². The Bertz CT molecular complexity index is 1070. The number of carbonyl (C=O) groups is 2. The van der Waals surface area contributed by atoms with Gasteiger partial charge in [0.25, 0.3) is 0 Å². The molecule has 1 N–H and O–H groups in total. The zero-order valence-corrected chi connectivity index (χ0v) is 15.6. The van der Waals surface area contributed by atoms with Crippen molar-refractivity contribution in [1.82, 2.24) is 10.2 Å². The third kappa shape index (κ3) is 2.54. The molecule has 2 aliphatic rings. The van der Waals surface area contributed by atoms with Gasteiger partial charge in [-0.1, -0.05) is 60.7 Å². The largest absolute Gasteiger partial charge is 0.330 e. The topological polar surface area (TPSA) is 52.7 Å². The van der Waals surface area contributed by atoms with Crippen LogP contribution in [0.2, 0.25) is 0 Å². The molecular formula is C23H21N3O2. The molecule has 3 amide bonds. The number of nitrogens with zero attached hydrogens (tertiary/aromatic N) is 2. The van der Waals surface area contributed by atoms with Crippen molar-refractivity contribution in [3.05, 3.63) is 78.4 Å². The number of anilines is 1. The van der Waals surface area contributed by atoms with E-state index in [4.69, 9.17) is 0 Å². The van der Waals surface area contributed by atoms with Crippen molar-refractivity contribution in [2.45, 2.75) is 12.1 Å². The van der Waals surface area contributed by atoms with Crippen LogP contribution in [-0.4, -0.2) is 36.5 Å². The smallest absolute Gasteiger partial charge is 0.317 e. The van der Waals surface area contributed by atoms with E-state index in [1.165, 1.54) is 0 Å². The third-order valence-corrected chi connectivity index (χ3v) is 5.99. The minimum atomic E-state index is -0.312. The second-order valence-corrected chi connectivity index (χ2v) is 7.52. The van der Waals surface area contributed by atoms with Crippen LogP contribution in [0.5, 0.6) is 0 Å². The minimum absolute atomic E-state index is 0.0565. The van der Waals surface area contributed by atoms with Crippen molar-refractivity contribution < 1.29 is 9.59 Å². The number of hydrogen-bond acceptors (Lipinski definition) is 2. The van der Waals surface area contributed by atoms with E-state index in [1.54, 1.807) is 11.9 Å². The van der Waals surface area contributed by atoms with E-state index in [9.17, 15) is 9.59 Å². The molecule has 0 saturated carbocycles. The highest BCUT2D eigenvalue weighted by Gasteiger charge is 2.52. The van der Waals surface area contributed by atoms with Crippen LogP contribution in [0, 0.1) is 5.92 Å². The number of fused-ring (bicyclic) bond motifs is 2. The number of amides is 3. The average Bonchev–Trinajstić information content (AvgIpc) is 3.08. The molecule has 0 bridgehead atoms. The van der Waals surface area contributed by atoms with Crippen molar-refractivity contribution in [2.24, 2.45) is 5.92 Å². The molecule has 0 aromatic heterocycles. The molecule has 0 spiro atoms. The van der Waals surface area contributed by atoms with Gasteiger partial charge in [0.1, 0.15) is 0 Å². The lowest BCUT2D eigenvalue weighted by Gasteiger charge is -2.39. The Balaban J connectivity index is 1.54. The predicted molar refractivity (Wildman–Crippen MR) is 109 cm³/mol. The molecule has 28 heavy (non-hydrogen) atoms. The molecule has 5 nitrogen and oxygen atoms in total. The summed E-state index contributed by atoms with van der Waals surface area (Å²) in [5.74, 6) is -0.252. The van der Waals surface area contributed by atoms with E-state index in [0.717, 1.165) is 22.0 Å². The Labute approximate surface area is 163 Å². The number of hydrogen-bond donors (Lipinski definition) is 1. The van der Waals surface area contributed by atoms with Gasteiger partial charge in [0.15, 0.2) is 0 Å². The summed E-state index contributed by atoms with van der Waals surface area (Å²) in [6, 6.07) is 23.4. The van der Waals surface area contributed by atoms with Crippen LogP contribution in [0.1, 0.15) is 11.6 Å². The summed E-state index contributed by atoms with van der Waals surface area (Å²) in [5.41, 5.74) is 1.85. The number of nitrogens with one attached hydrogen (secondary N) is 1. The highest BCUT2D eigenvalue weighted by atomic mass is 16.2. The number of likely N-dealkylation sites (N-methyl/N-ethyl adjacent to an activating group) is 1. The molecule has 140 valence electrons. The predicted octanol–water partition coefficient (Wildman–Crippen LogP) is 3.57. The fraction of sp³-hybridized carbons (Fsp3) is 0.217. The van der Waals surface area contributed by atoms with Gasteiger partial charge in [-0.05, 0) is 28.5 Å². The molecule has 5 heteroatoms. The number of carbonyl (C=O) groups excluding carboxylic acids is 2. The van der Waals surface area contributed by atoms with Crippen molar-refractivity contribution in [1.29, 1.82) is 0 Å². The molecule has 2 fully saturated rings. The van der Waals surface area contributed by atoms with Crippen LogP contribution < -0.4 is 10.2 Å². The van der Waals surface area contributed by atoms with E-state index in [-0.39, 0.29) is 29.9 Å². The Kier molecular flexibility index (Phi) is 3.83. The summed E-state index contributed by atoms with van der Waals surface area (Å²) < 4.78 is 0. The first-order chi connectivity index (χ1) is 13.6. The Morgan fingerprint density at radius 2 is 1.61 bits per heavy atom. The second kappa shape index (κ2) is 6.37. The van der Waals surface area contributed by atoms with E-state index in [0.29, 0.717) is 6.54 Å². The molecule has 0 radical (unpaired) electrons. The maximum Gasteiger partial charge on any atom is 0.317 e. The van der Waals surface area contributed by atoms with Gasteiger partial charge >= 0.3 is 6.03 Å². The fourth-order valence-corrected chi connectivity index (χ4v) is 4.47. The van der Waals surface area contributed by atoms with Gasteiger partial charge in [-0.3, -0.25) is 4.79 Å². The molecule has 2 saturated heterocycles. The lowest BCUT2D eigenvalue weighted by atomic mass is 9.86. The molecule has 3 unspecified atom stereocenters. The van der Waals surface area contributed by atoms with E-state index in [2.05, 4.69) is 23.5 Å². The Morgan fingerprint density at radius 3 is 2.39 bits per heavy atom. The minimum Gasteiger partial charge on any atom is -0.330 e. The third-order valence-electron chi connectivity index (χ3n) is 5.99. The number of benzene rings is 3. The van der Waals surface area contributed by atoms with Gasteiger partial charge in [-0.2, -0.15) is 0 Å². The van der Waals surface area contributed by atoms with Crippen LogP contribution in [0.15, 0.2) is 72.8 Å². The van der Waals surface area contributed by atoms with Crippen LogP contribution in [-0.2, 0) is 4.79 Å². The highest BCUT2D eigenvalue weighted by Crippen LogP contribution is 2.39. The standard InChI is InChI=1S/C23H21N3O2/c1-25-19-14-26(18-12-11-15-7-5-6-10-17(15)13-18)22(27)20(19)21(24-23(25)28)16-8-3-2-4-9-16/h2-13,19-21H,14H2,1H3,(H,24,28). The first kappa shape index (κ1) is 16.8.